The molecule has 3 rings (SSSR count). The summed E-state index contributed by atoms with van der Waals surface area (Å²) in [5.74, 6) is -0.792. The first-order valence-corrected chi connectivity index (χ1v) is 16.0. The Balaban J connectivity index is 2.07. The predicted octanol–water partition coefficient (Wildman–Crippen LogP) is 5.73. The van der Waals surface area contributed by atoms with Crippen LogP contribution in [0.15, 0.2) is 77.3 Å². The van der Waals surface area contributed by atoms with Gasteiger partial charge in [0, 0.05) is 28.5 Å². The molecule has 0 heterocycles. The molecule has 3 aromatic carbocycles. The van der Waals surface area contributed by atoms with Crippen molar-refractivity contribution in [2.75, 3.05) is 17.1 Å². The van der Waals surface area contributed by atoms with Crippen molar-refractivity contribution in [3.05, 3.63) is 99.0 Å². The summed E-state index contributed by atoms with van der Waals surface area (Å²) in [4.78, 5) is 29.3. The summed E-state index contributed by atoms with van der Waals surface area (Å²) < 4.78 is 27.8. The van der Waals surface area contributed by atoms with Gasteiger partial charge in [0.25, 0.3) is 0 Å². The number of carbonyl (C=O) groups excluding carboxylic acids is 2. The summed E-state index contributed by atoms with van der Waals surface area (Å²) in [5, 5.41) is 3.48. The molecule has 0 saturated heterocycles. The van der Waals surface area contributed by atoms with Gasteiger partial charge in [0.15, 0.2) is 0 Å². The van der Waals surface area contributed by atoms with E-state index >= 15 is 0 Å². The fourth-order valence-corrected chi connectivity index (χ4v) is 5.67. The SMILES string of the molecule is CC[C@@H](C)NC(=O)[C@H](Cc1ccccc1)N(Cc1ccc(Br)cc1)C(=O)CN(c1ccc(Cl)cc1C)S(C)(=O)=O. The number of aryl methyl sites for hydroxylation is 1. The van der Waals surface area contributed by atoms with Crippen LogP contribution in [0.3, 0.4) is 0 Å². The van der Waals surface area contributed by atoms with Crippen molar-refractivity contribution < 1.29 is 18.0 Å². The summed E-state index contributed by atoms with van der Waals surface area (Å²) in [6.45, 7) is 5.27. The van der Waals surface area contributed by atoms with Crippen LogP contribution in [0.5, 0.6) is 0 Å². The highest BCUT2D eigenvalue weighted by atomic mass is 79.9. The standard InChI is InChI=1S/C30H35BrClN3O4S/c1-5-22(3)33-30(37)28(18-23-9-7-6-8-10-23)34(19-24-11-13-25(31)14-12-24)29(36)20-35(40(4,38)39)27-16-15-26(32)17-21(27)2/h6-17,22,28H,5,18-20H2,1-4H3,(H,33,37)/t22-,28+/m1/s1. The number of carbonyl (C=O) groups is 2. The molecule has 3 aromatic rings. The molecule has 0 saturated carbocycles. The lowest BCUT2D eigenvalue weighted by Crippen LogP contribution is -2.54. The summed E-state index contributed by atoms with van der Waals surface area (Å²) in [6.07, 6.45) is 2.05. The Kier molecular flexibility index (Phi) is 11.2. The zero-order valence-electron chi connectivity index (χ0n) is 23.1. The van der Waals surface area contributed by atoms with Crippen LogP contribution in [0.4, 0.5) is 5.69 Å². The average molecular weight is 649 g/mol. The van der Waals surface area contributed by atoms with Gasteiger partial charge in [-0.3, -0.25) is 13.9 Å². The minimum Gasteiger partial charge on any atom is -0.352 e. The molecule has 10 heteroatoms. The van der Waals surface area contributed by atoms with Gasteiger partial charge >= 0.3 is 0 Å². The molecule has 2 atom stereocenters. The third-order valence-electron chi connectivity index (χ3n) is 6.65. The van der Waals surface area contributed by atoms with Gasteiger partial charge in [0.05, 0.1) is 11.9 Å². The molecule has 2 amide bonds. The van der Waals surface area contributed by atoms with Crippen molar-refractivity contribution in [3.8, 4) is 0 Å². The van der Waals surface area contributed by atoms with E-state index in [0.717, 1.165) is 32.6 Å². The molecule has 0 aliphatic heterocycles. The molecule has 214 valence electrons. The van der Waals surface area contributed by atoms with Gasteiger partial charge in [0.2, 0.25) is 21.8 Å². The summed E-state index contributed by atoms with van der Waals surface area (Å²) in [7, 11) is -3.85. The molecule has 0 spiro atoms. The molecule has 0 unspecified atom stereocenters. The molecule has 0 aromatic heterocycles. The van der Waals surface area contributed by atoms with Crippen LogP contribution in [0.25, 0.3) is 0 Å². The first-order chi connectivity index (χ1) is 18.9. The van der Waals surface area contributed by atoms with Crippen LogP contribution in [0.2, 0.25) is 5.02 Å². The fraction of sp³-hybridized carbons (Fsp3) is 0.333. The second-order valence-electron chi connectivity index (χ2n) is 9.87. The van der Waals surface area contributed by atoms with Crippen LogP contribution in [0, 0.1) is 6.92 Å². The van der Waals surface area contributed by atoms with Gasteiger partial charge in [-0.15, -0.1) is 0 Å². The fourth-order valence-electron chi connectivity index (χ4n) is 4.28. The van der Waals surface area contributed by atoms with Crippen LogP contribution in [-0.2, 0) is 32.6 Å². The zero-order chi connectivity index (χ0) is 29.4. The Labute approximate surface area is 250 Å². The van der Waals surface area contributed by atoms with E-state index in [2.05, 4.69) is 21.2 Å². The minimum absolute atomic E-state index is 0.0976. The number of sulfonamides is 1. The predicted molar refractivity (Wildman–Crippen MR) is 165 cm³/mol. The third kappa shape index (κ3) is 8.81. The molecule has 0 aliphatic rings. The van der Waals surface area contributed by atoms with Crippen molar-refractivity contribution in [2.45, 2.75) is 52.2 Å². The Bertz CT molecular complexity index is 1420. The largest absolute Gasteiger partial charge is 0.352 e. The van der Waals surface area contributed by atoms with E-state index in [-0.39, 0.29) is 24.9 Å². The molecular formula is C30H35BrClN3O4S. The topological polar surface area (TPSA) is 86.8 Å². The molecule has 1 N–H and O–H groups in total. The second kappa shape index (κ2) is 14.1. The highest BCUT2D eigenvalue weighted by molar-refractivity contribution is 9.10. The van der Waals surface area contributed by atoms with Crippen molar-refractivity contribution >= 4 is 55.1 Å². The average Bonchev–Trinajstić information content (AvgIpc) is 2.90. The lowest BCUT2D eigenvalue weighted by Gasteiger charge is -2.34. The van der Waals surface area contributed by atoms with Crippen molar-refractivity contribution in [1.82, 2.24) is 10.2 Å². The first kappa shape index (κ1) is 31.6. The highest BCUT2D eigenvalue weighted by Gasteiger charge is 2.33. The normalized spacial score (nSPS) is 12.8. The van der Waals surface area contributed by atoms with E-state index in [0.29, 0.717) is 16.3 Å². The quantitative estimate of drug-likeness (QED) is 0.272. The summed E-state index contributed by atoms with van der Waals surface area (Å²) in [5.41, 5.74) is 2.65. The Morgan fingerprint density at radius 1 is 1.00 bits per heavy atom. The Morgan fingerprint density at radius 2 is 1.65 bits per heavy atom. The van der Waals surface area contributed by atoms with E-state index < -0.39 is 28.5 Å². The van der Waals surface area contributed by atoms with Gasteiger partial charge < -0.3 is 10.2 Å². The van der Waals surface area contributed by atoms with E-state index in [9.17, 15) is 18.0 Å². The van der Waals surface area contributed by atoms with Crippen molar-refractivity contribution in [3.63, 3.8) is 0 Å². The van der Waals surface area contributed by atoms with Crippen LogP contribution in [0.1, 0.15) is 37.0 Å². The number of halogens is 2. The van der Waals surface area contributed by atoms with E-state index in [1.54, 1.807) is 25.1 Å². The minimum atomic E-state index is -3.85. The highest BCUT2D eigenvalue weighted by Crippen LogP contribution is 2.26. The number of hydrogen-bond donors (Lipinski definition) is 1. The number of nitrogens with zero attached hydrogens (tertiary/aromatic N) is 2. The maximum Gasteiger partial charge on any atom is 0.244 e. The molecule has 0 radical (unpaired) electrons. The van der Waals surface area contributed by atoms with Gasteiger partial charge in [-0.1, -0.05) is 76.9 Å². The van der Waals surface area contributed by atoms with E-state index in [1.807, 2.05) is 68.4 Å². The zero-order valence-corrected chi connectivity index (χ0v) is 26.3. The number of nitrogens with one attached hydrogen (secondary N) is 1. The maximum absolute atomic E-state index is 14.1. The van der Waals surface area contributed by atoms with Gasteiger partial charge in [-0.25, -0.2) is 8.42 Å². The monoisotopic (exact) mass is 647 g/mol. The van der Waals surface area contributed by atoms with Crippen molar-refractivity contribution in [2.24, 2.45) is 0 Å². The van der Waals surface area contributed by atoms with Gasteiger partial charge in [-0.2, -0.15) is 0 Å². The molecule has 0 aliphatic carbocycles. The number of anilines is 1. The van der Waals surface area contributed by atoms with Gasteiger partial charge in [0.1, 0.15) is 12.6 Å². The smallest absolute Gasteiger partial charge is 0.244 e. The summed E-state index contributed by atoms with van der Waals surface area (Å²) >= 11 is 9.55. The number of benzene rings is 3. The van der Waals surface area contributed by atoms with Crippen LogP contribution >= 0.6 is 27.5 Å². The Morgan fingerprint density at radius 3 is 2.23 bits per heavy atom. The first-order valence-electron chi connectivity index (χ1n) is 13.0. The second-order valence-corrected chi connectivity index (χ2v) is 13.1. The van der Waals surface area contributed by atoms with Crippen molar-refractivity contribution in [1.29, 1.82) is 0 Å². The molecular weight excluding hydrogens is 614 g/mol. The number of rotatable bonds is 12. The van der Waals surface area contributed by atoms with Crippen LogP contribution < -0.4 is 9.62 Å². The van der Waals surface area contributed by atoms with Gasteiger partial charge in [-0.05, 0) is 67.3 Å². The molecule has 7 nitrogen and oxygen atoms in total. The third-order valence-corrected chi connectivity index (χ3v) is 8.54. The molecule has 0 fully saturated rings. The number of amides is 2. The molecule has 0 bridgehead atoms. The van der Waals surface area contributed by atoms with E-state index in [4.69, 9.17) is 11.6 Å². The lowest BCUT2D eigenvalue weighted by molar-refractivity contribution is -0.140. The Hall–Kier alpha value is -2.88. The van der Waals surface area contributed by atoms with Crippen LogP contribution in [-0.4, -0.2) is 50.0 Å². The number of hydrogen-bond acceptors (Lipinski definition) is 4. The lowest BCUT2D eigenvalue weighted by atomic mass is 10.0. The molecule has 40 heavy (non-hydrogen) atoms. The maximum atomic E-state index is 14.1. The summed E-state index contributed by atoms with van der Waals surface area (Å²) in [6, 6.07) is 20.8. The van der Waals surface area contributed by atoms with E-state index in [1.165, 1.54) is 4.90 Å².